The molecule has 2 aromatic carbocycles. The third-order valence-electron chi connectivity index (χ3n) is 3.19. The number of esters is 1. The summed E-state index contributed by atoms with van der Waals surface area (Å²) in [5.41, 5.74) is 4.46. The second-order valence-corrected chi connectivity index (χ2v) is 4.91. The van der Waals surface area contributed by atoms with Gasteiger partial charge < -0.3 is 4.74 Å². The van der Waals surface area contributed by atoms with E-state index in [0.717, 1.165) is 11.1 Å². The zero-order valence-corrected chi connectivity index (χ0v) is 12.0. The Balaban J connectivity index is 2.01. The number of carbonyl (C=O) groups is 1. The van der Waals surface area contributed by atoms with Crippen molar-refractivity contribution in [3.63, 3.8) is 0 Å². The van der Waals surface area contributed by atoms with Gasteiger partial charge in [-0.2, -0.15) is 0 Å². The molecule has 0 spiro atoms. The van der Waals surface area contributed by atoms with Gasteiger partial charge in [0.25, 0.3) is 0 Å². The van der Waals surface area contributed by atoms with Crippen molar-refractivity contribution >= 4 is 12.0 Å². The van der Waals surface area contributed by atoms with E-state index < -0.39 is 0 Å². The van der Waals surface area contributed by atoms with Crippen LogP contribution in [0.25, 0.3) is 6.08 Å². The van der Waals surface area contributed by atoms with E-state index in [9.17, 15) is 4.79 Å². The third kappa shape index (κ3) is 3.82. The first-order chi connectivity index (χ1) is 9.54. The predicted octanol–water partition coefficient (Wildman–Crippen LogP) is 4.23. The van der Waals surface area contributed by atoms with E-state index in [-0.39, 0.29) is 5.97 Å². The molecule has 0 aromatic heterocycles. The lowest BCUT2D eigenvalue weighted by Crippen LogP contribution is -2.03. The summed E-state index contributed by atoms with van der Waals surface area (Å²) in [5, 5.41) is 0. The molecule has 0 saturated carbocycles. The molecule has 0 amide bonds. The molecule has 102 valence electrons. The van der Waals surface area contributed by atoms with E-state index in [1.165, 1.54) is 17.2 Å². The molecule has 0 aliphatic rings. The molecule has 2 heteroatoms. The maximum Gasteiger partial charge on any atom is 0.336 e. The highest BCUT2D eigenvalue weighted by Crippen LogP contribution is 2.16. The fraction of sp³-hybridized carbons (Fsp3) is 0.167. The molecule has 20 heavy (non-hydrogen) atoms. The maximum absolute atomic E-state index is 11.7. The molecule has 0 radical (unpaired) electrons. The summed E-state index contributed by atoms with van der Waals surface area (Å²) in [5.74, 6) is 0.209. The minimum atomic E-state index is -0.367. The lowest BCUT2D eigenvalue weighted by molar-refractivity contribution is -0.128. The van der Waals surface area contributed by atoms with E-state index in [0.29, 0.717) is 5.75 Å². The van der Waals surface area contributed by atoms with Crippen LogP contribution in [-0.4, -0.2) is 5.97 Å². The number of rotatable bonds is 3. The minimum absolute atomic E-state index is 0.367. The topological polar surface area (TPSA) is 26.3 Å². The largest absolute Gasteiger partial charge is 0.423 e. The maximum atomic E-state index is 11.7. The van der Waals surface area contributed by atoms with Crippen molar-refractivity contribution in [1.82, 2.24) is 0 Å². The molecule has 0 aliphatic carbocycles. The Bertz CT molecular complexity index is 637. The standard InChI is InChI=1S/C18H18O2/c1-13-4-7-16(8-5-13)9-11-18(19)20-17-10-6-14(2)15(3)12-17/h4-12H,1-3H3. The van der Waals surface area contributed by atoms with Crippen molar-refractivity contribution in [3.05, 3.63) is 70.8 Å². The molecule has 0 N–H and O–H groups in total. The third-order valence-corrected chi connectivity index (χ3v) is 3.19. The highest BCUT2D eigenvalue weighted by molar-refractivity contribution is 5.88. The molecule has 0 unspecified atom stereocenters. The summed E-state index contributed by atoms with van der Waals surface area (Å²) in [6.07, 6.45) is 3.20. The minimum Gasteiger partial charge on any atom is -0.423 e. The van der Waals surface area contributed by atoms with Crippen molar-refractivity contribution < 1.29 is 9.53 Å². The first kappa shape index (κ1) is 14.1. The molecule has 0 saturated heterocycles. The molecule has 0 heterocycles. The van der Waals surface area contributed by atoms with Gasteiger partial charge in [0.05, 0.1) is 0 Å². The van der Waals surface area contributed by atoms with Crippen LogP contribution in [0.2, 0.25) is 0 Å². The van der Waals surface area contributed by atoms with Gasteiger partial charge >= 0.3 is 5.97 Å². The highest BCUT2D eigenvalue weighted by atomic mass is 16.5. The Hall–Kier alpha value is -2.35. The first-order valence-corrected chi connectivity index (χ1v) is 6.58. The van der Waals surface area contributed by atoms with Gasteiger partial charge in [0.1, 0.15) is 5.75 Å². The van der Waals surface area contributed by atoms with Crippen LogP contribution in [0.4, 0.5) is 0 Å². The van der Waals surface area contributed by atoms with Gasteiger partial charge in [0, 0.05) is 6.08 Å². The zero-order chi connectivity index (χ0) is 14.5. The number of hydrogen-bond donors (Lipinski definition) is 0. The summed E-state index contributed by atoms with van der Waals surface area (Å²) in [6, 6.07) is 13.6. The average molecular weight is 266 g/mol. The van der Waals surface area contributed by atoms with Gasteiger partial charge in [-0.05, 0) is 55.7 Å². The number of hydrogen-bond acceptors (Lipinski definition) is 2. The van der Waals surface area contributed by atoms with E-state index in [2.05, 4.69) is 0 Å². The van der Waals surface area contributed by atoms with Crippen LogP contribution in [0, 0.1) is 20.8 Å². The van der Waals surface area contributed by atoms with Crippen molar-refractivity contribution in [3.8, 4) is 5.75 Å². The van der Waals surface area contributed by atoms with Crippen molar-refractivity contribution in [2.75, 3.05) is 0 Å². The van der Waals surface area contributed by atoms with Gasteiger partial charge in [-0.15, -0.1) is 0 Å². The van der Waals surface area contributed by atoms with Crippen LogP contribution in [0.5, 0.6) is 5.75 Å². The Morgan fingerprint density at radius 1 is 0.950 bits per heavy atom. The Morgan fingerprint density at radius 3 is 2.30 bits per heavy atom. The lowest BCUT2D eigenvalue weighted by Gasteiger charge is -2.04. The number of aryl methyl sites for hydroxylation is 3. The van der Waals surface area contributed by atoms with E-state index in [1.807, 2.05) is 57.2 Å². The summed E-state index contributed by atoms with van der Waals surface area (Å²) < 4.78 is 5.27. The molecule has 0 bridgehead atoms. The lowest BCUT2D eigenvalue weighted by atomic mass is 10.1. The summed E-state index contributed by atoms with van der Waals surface area (Å²) in [6.45, 7) is 6.05. The van der Waals surface area contributed by atoms with Gasteiger partial charge in [-0.25, -0.2) is 4.79 Å². The first-order valence-electron chi connectivity index (χ1n) is 6.58. The summed E-state index contributed by atoms with van der Waals surface area (Å²) in [4.78, 5) is 11.7. The Morgan fingerprint density at radius 2 is 1.65 bits per heavy atom. The molecule has 2 nitrogen and oxygen atoms in total. The number of carbonyl (C=O) groups excluding carboxylic acids is 1. The normalized spacial score (nSPS) is 10.8. The van der Waals surface area contributed by atoms with E-state index >= 15 is 0 Å². The van der Waals surface area contributed by atoms with Gasteiger partial charge in [0.2, 0.25) is 0 Å². The zero-order valence-electron chi connectivity index (χ0n) is 12.0. The van der Waals surface area contributed by atoms with Crippen LogP contribution in [-0.2, 0) is 4.79 Å². The molecular formula is C18H18O2. The van der Waals surface area contributed by atoms with Crippen LogP contribution in [0.3, 0.4) is 0 Å². The van der Waals surface area contributed by atoms with Crippen LogP contribution in [0.15, 0.2) is 48.5 Å². The SMILES string of the molecule is Cc1ccc(C=CC(=O)Oc2ccc(C)c(C)c2)cc1. The highest BCUT2D eigenvalue weighted by Gasteiger charge is 2.02. The number of ether oxygens (including phenoxy) is 1. The summed E-state index contributed by atoms with van der Waals surface area (Å²) >= 11 is 0. The van der Waals surface area contributed by atoms with Crippen molar-refractivity contribution in [2.24, 2.45) is 0 Å². The summed E-state index contributed by atoms with van der Waals surface area (Å²) in [7, 11) is 0. The molecule has 2 aromatic rings. The molecule has 0 aliphatic heterocycles. The molecular weight excluding hydrogens is 248 g/mol. The monoisotopic (exact) mass is 266 g/mol. The van der Waals surface area contributed by atoms with Crippen LogP contribution in [0.1, 0.15) is 22.3 Å². The van der Waals surface area contributed by atoms with E-state index in [4.69, 9.17) is 4.74 Å². The molecule has 0 fully saturated rings. The fourth-order valence-electron chi connectivity index (χ4n) is 1.77. The number of benzene rings is 2. The predicted molar refractivity (Wildman–Crippen MR) is 81.8 cm³/mol. The smallest absolute Gasteiger partial charge is 0.336 e. The fourth-order valence-corrected chi connectivity index (χ4v) is 1.77. The van der Waals surface area contributed by atoms with Crippen LogP contribution >= 0.6 is 0 Å². The quantitative estimate of drug-likeness (QED) is 0.472. The Labute approximate surface area is 119 Å². The van der Waals surface area contributed by atoms with Crippen molar-refractivity contribution in [1.29, 1.82) is 0 Å². The van der Waals surface area contributed by atoms with Crippen molar-refractivity contribution in [2.45, 2.75) is 20.8 Å². The van der Waals surface area contributed by atoms with Gasteiger partial charge in [-0.1, -0.05) is 35.9 Å². The molecule has 2 rings (SSSR count). The average Bonchev–Trinajstić information content (AvgIpc) is 2.42. The van der Waals surface area contributed by atoms with Gasteiger partial charge in [0.15, 0.2) is 0 Å². The Kier molecular flexibility index (Phi) is 4.36. The second-order valence-electron chi connectivity index (χ2n) is 4.91. The van der Waals surface area contributed by atoms with E-state index in [1.54, 1.807) is 12.1 Å². The second kappa shape index (κ2) is 6.20. The van der Waals surface area contributed by atoms with Crippen LogP contribution < -0.4 is 4.74 Å². The molecule has 0 atom stereocenters. The van der Waals surface area contributed by atoms with Gasteiger partial charge in [-0.3, -0.25) is 0 Å².